The van der Waals surface area contributed by atoms with Gasteiger partial charge in [0.2, 0.25) is 5.91 Å². The summed E-state index contributed by atoms with van der Waals surface area (Å²) in [5.74, 6) is 0.658. The van der Waals surface area contributed by atoms with Crippen molar-refractivity contribution in [3.05, 3.63) is 22.4 Å². The van der Waals surface area contributed by atoms with Crippen molar-refractivity contribution in [2.45, 2.75) is 20.3 Å². The van der Waals surface area contributed by atoms with Crippen LogP contribution in [0.4, 0.5) is 0 Å². The Bertz CT molecular complexity index is 330. The van der Waals surface area contributed by atoms with E-state index >= 15 is 0 Å². The average molecular weight is 291 g/mol. The molecule has 5 heteroatoms. The van der Waals surface area contributed by atoms with E-state index in [4.69, 9.17) is 0 Å². The first-order valence-corrected chi connectivity index (χ1v) is 6.96. The van der Waals surface area contributed by atoms with Crippen LogP contribution >= 0.6 is 23.7 Å². The molecule has 2 N–H and O–H groups in total. The third kappa shape index (κ3) is 6.38. The molecule has 3 nitrogen and oxygen atoms in total. The Labute approximate surface area is 120 Å². The number of hydrogen-bond donors (Lipinski definition) is 2. The van der Waals surface area contributed by atoms with Crippen LogP contribution in [0.15, 0.2) is 17.5 Å². The van der Waals surface area contributed by atoms with Crippen molar-refractivity contribution in [1.29, 1.82) is 0 Å². The van der Waals surface area contributed by atoms with E-state index < -0.39 is 0 Å². The van der Waals surface area contributed by atoms with Gasteiger partial charge in [-0.25, -0.2) is 0 Å². The van der Waals surface area contributed by atoms with Crippen LogP contribution in [0.2, 0.25) is 0 Å². The van der Waals surface area contributed by atoms with Crippen molar-refractivity contribution in [2.24, 2.45) is 11.8 Å². The maximum atomic E-state index is 11.7. The lowest BCUT2D eigenvalue weighted by molar-refractivity contribution is -0.124. The Morgan fingerprint density at radius 3 is 2.67 bits per heavy atom. The van der Waals surface area contributed by atoms with Crippen molar-refractivity contribution in [2.75, 3.05) is 20.1 Å². The SMILES string of the molecule is CNCC(C)C(=O)NCC(C)Cc1cccs1.Cl. The zero-order valence-electron chi connectivity index (χ0n) is 11.2. The molecule has 0 spiro atoms. The fraction of sp³-hybridized carbons (Fsp3) is 0.615. The lowest BCUT2D eigenvalue weighted by Crippen LogP contribution is -2.36. The van der Waals surface area contributed by atoms with Crippen molar-refractivity contribution in [3.8, 4) is 0 Å². The Morgan fingerprint density at radius 2 is 2.11 bits per heavy atom. The van der Waals surface area contributed by atoms with Gasteiger partial charge in [0.25, 0.3) is 0 Å². The average Bonchev–Trinajstić information content (AvgIpc) is 2.79. The quantitative estimate of drug-likeness (QED) is 0.809. The highest BCUT2D eigenvalue weighted by Gasteiger charge is 2.12. The highest BCUT2D eigenvalue weighted by Crippen LogP contribution is 2.13. The summed E-state index contributed by atoms with van der Waals surface area (Å²) in [6.07, 6.45) is 1.04. The zero-order valence-corrected chi connectivity index (χ0v) is 12.9. The fourth-order valence-electron chi connectivity index (χ4n) is 1.69. The number of halogens is 1. The minimum absolute atomic E-state index is 0. The Balaban J connectivity index is 0.00000289. The second-order valence-corrected chi connectivity index (χ2v) is 5.62. The van der Waals surface area contributed by atoms with Crippen LogP contribution in [-0.4, -0.2) is 26.0 Å². The van der Waals surface area contributed by atoms with Crippen LogP contribution in [0, 0.1) is 11.8 Å². The highest BCUT2D eigenvalue weighted by atomic mass is 35.5. The molecule has 1 aromatic heterocycles. The Kier molecular flexibility index (Phi) is 9.06. The molecule has 1 rings (SSSR count). The zero-order chi connectivity index (χ0) is 12.7. The second kappa shape index (κ2) is 9.36. The minimum atomic E-state index is 0. The molecule has 0 aliphatic rings. The number of hydrogen-bond acceptors (Lipinski definition) is 3. The van der Waals surface area contributed by atoms with Gasteiger partial charge in [-0.1, -0.05) is 19.9 Å². The van der Waals surface area contributed by atoms with Crippen molar-refractivity contribution in [3.63, 3.8) is 0 Å². The summed E-state index contributed by atoms with van der Waals surface area (Å²) in [7, 11) is 1.86. The highest BCUT2D eigenvalue weighted by molar-refractivity contribution is 7.09. The summed E-state index contributed by atoms with van der Waals surface area (Å²) in [6, 6.07) is 4.22. The smallest absolute Gasteiger partial charge is 0.224 e. The number of nitrogens with one attached hydrogen (secondary N) is 2. The third-order valence-corrected chi connectivity index (χ3v) is 3.61. The van der Waals surface area contributed by atoms with E-state index in [1.807, 2.05) is 14.0 Å². The molecule has 104 valence electrons. The van der Waals surface area contributed by atoms with E-state index in [9.17, 15) is 4.79 Å². The molecule has 1 amide bonds. The summed E-state index contributed by atoms with van der Waals surface area (Å²) < 4.78 is 0. The largest absolute Gasteiger partial charge is 0.356 e. The molecule has 0 aliphatic carbocycles. The van der Waals surface area contributed by atoms with Gasteiger partial charge >= 0.3 is 0 Å². The molecule has 2 atom stereocenters. The van der Waals surface area contributed by atoms with Crippen molar-refractivity contribution < 1.29 is 4.79 Å². The van der Waals surface area contributed by atoms with Crippen LogP contribution in [0.25, 0.3) is 0 Å². The maximum Gasteiger partial charge on any atom is 0.224 e. The van der Waals surface area contributed by atoms with Crippen molar-refractivity contribution in [1.82, 2.24) is 10.6 Å². The lowest BCUT2D eigenvalue weighted by Gasteiger charge is -2.15. The molecule has 18 heavy (non-hydrogen) atoms. The first-order chi connectivity index (χ1) is 8.13. The van der Waals surface area contributed by atoms with Crippen LogP contribution < -0.4 is 10.6 Å². The van der Waals surface area contributed by atoms with Gasteiger partial charge < -0.3 is 10.6 Å². The fourth-order valence-corrected chi connectivity index (χ4v) is 2.56. The van der Waals surface area contributed by atoms with E-state index in [-0.39, 0.29) is 24.2 Å². The van der Waals surface area contributed by atoms with Gasteiger partial charge in [0.15, 0.2) is 0 Å². The molecule has 1 aromatic rings. The molecule has 0 fully saturated rings. The van der Waals surface area contributed by atoms with E-state index in [1.54, 1.807) is 11.3 Å². The summed E-state index contributed by atoms with van der Waals surface area (Å²) in [6.45, 7) is 5.59. The van der Waals surface area contributed by atoms with E-state index in [0.29, 0.717) is 5.92 Å². The van der Waals surface area contributed by atoms with Gasteiger partial charge in [-0.2, -0.15) is 0 Å². The molecule has 0 aliphatic heterocycles. The summed E-state index contributed by atoms with van der Waals surface area (Å²) in [4.78, 5) is 13.1. The summed E-state index contributed by atoms with van der Waals surface area (Å²) in [5, 5.41) is 8.11. The van der Waals surface area contributed by atoms with Gasteiger partial charge in [-0.15, -0.1) is 23.7 Å². The molecule has 0 radical (unpaired) electrons. The Morgan fingerprint density at radius 1 is 1.39 bits per heavy atom. The van der Waals surface area contributed by atoms with Gasteiger partial charge in [0.1, 0.15) is 0 Å². The first-order valence-electron chi connectivity index (χ1n) is 6.08. The van der Waals surface area contributed by atoms with Crippen molar-refractivity contribution >= 4 is 29.7 Å². The number of amides is 1. The summed E-state index contributed by atoms with van der Waals surface area (Å²) >= 11 is 1.78. The molecule has 0 saturated heterocycles. The molecular formula is C13H23ClN2OS. The Hall–Kier alpha value is -0.580. The monoisotopic (exact) mass is 290 g/mol. The van der Waals surface area contributed by atoms with E-state index in [0.717, 1.165) is 19.5 Å². The first kappa shape index (κ1) is 17.4. The van der Waals surface area contributed by atoms with Gasteiger partial charge in [-0.3, -0.25) is 4.79 Å². The number of rotatable bonds is 7. The predicted octanol–water partition coefficient (Wildman–Crippen LogP) is 2.32. The molecule has 0 aromatic carbocycles. The molecule has 0 saturated carbocycles. The van der Waals surface area contributed by atoms with Gasteiger partial charge in [-0.05, 0) is 30.8 Å². The normalized spacial score (nSPS) is 13.5. The topological polar surface area (TPSA) is 41.1 Å². The maximum absolute atomic E-state index is 11.7. The van der Waals surface area contributed by atoms with Gasteiger partial charge in [0, 0.05) is 23.9 Å². The van der Waals surface area contributed by atoms with Crippen LogP contribution in [0.1, 0.15) is 18.7 Å². The molecular weight excluding hydrogens is 268 g/mol. The molecule has 1 heterocycles. The van der Waals surface area contributed by atoms with Crippen LogP contribution in [0.5, 0.6) is 0 Å². The van der Waals surface area contributed by atoms with E-state index in [2.05, 4.69) is 35.1 Å². The predicted molar refractivity (Wildman–Crippen MR) is 80.5 cm³/mol. The minimum Gasteiger partial charge on any atom is -0.356 e. The van der Waals surface area contributed by atoms with Crippen LogP contribution in [-0.2, 0) is 11.2 Å². The number of carbonyl (C=O) groups excluding carboxylic acids is 1. The second-order valence-electron chi connectivity index (χ2n) is 4.59. The van der Waals surface area contributed by atoms with E-state index in [1.165, 1.54) is 4.88 Å². The third-order valence-electron chi connectivity index (χ3n) is 2.71. The lowest BCUT2D eigenvalue weighted by atomic mass is 10.1. The standard InChI is InChI=1S/C13H22N2OS.ClH/c1-10(7-12-5-4-6-17-12)8-15-13(16)11(2)9-14-3;/h4-6,10-11,14H,7-9H2,1-3H3,(H,15,16);1H. The van der Waals surface area contributed by atoms with Crippen LogP contribution in [0.3, 0.4) is 0 Å². The number of carbonyl (C=O) groups is 1. The molecule has 0 bridgehead atoms. The molecule has 2 unspecified atom stereocenters. The number of thiophene rings is 1. The summed E-state index contributed by atoms with van der Waals surface area (Å²) in [5.41, 5.74) is 0. The van der Waals surface area contributed by atoms with Gasteiger partial charge in [0.05, 0.1) is 0 Å².